The third kappa shape index (κ3) is 7.08. The Balaban J connectivity index is 2.33. The van der Waals surface area contributed by atoms with Gasteiger partial charge in [0.25, 0.3) is 0 Å². The molecule has 1 fully saturated rings. The maximum atomic E-state index is 12.6. The summed E-state index contributed by atoms with van der Waals surface area (Å²) in [7, 11) is -3.71. The Hall–Kier alpha value is -2.00. The van der Waals surface area contributed by atoms with Gasteiger partial charge in [-0.1, -0.05) is 6.07 Å². The number of nitrogens with zero attached hydrogens (tertiary/aromatic N) is 2. The number of hydrogen-bond acceptors (Lipinski definition) is 6. The number of rotatable bonds is 10. The van der Waals surface area contributed by atoms with Gasteiger partial charge in [0.05, 0.1) is 18.9 Å². The normalized spacial score (nSPS) is 16.5. The maximum absolute atomic E-state index is 12.6. The fourth-order valence-electron chi connectivity index (χ4n) is 3.42. The molecule has 0 aromatic heterocycles. The smallest absolute Gasteiger partial charge is 0.317 e. The van der Waals surface area contributed by atoms with Crippen LogP contribution in [0.4, 0.5) is 10.5 Å². The second kappa shape index (κ2) is 10.7. The zero-order valence-electron chi connectivity index (χ0n) is 17.8. The van der Waals surface area contributed by atoms with E-state index in [0.29, 0.717) is 25.3 Å². The first-order chi connectivity index (χ1) is 13.8. The van der Waals surface area contributed by atoms with Gasteiger partial charge >= 0.3 is 16.1 Å². The fourth-order valence-corrected chi connectivity index (χ4v) is 3.90. The molecule has 1 saturated heterocycles. The lowest BCUT2D eigenvalue weighted by molar-refractivity contribution is 0.0794. The van der Waals surface area contributed by atoms with Crippen molar-refractivity contribution in [2.24, 2.45) is 0 Å². The minimum Gasteiger partial charge on any atom is -0.382 e. The number of amides is 2. The summed E-state index contributed by atoms with van der Waals surface area (Å²) in [4.78, 5) is 16.3. The van der Waals surface area contributed by atoms with Gasteiger partial charge in [-0.2, -0.15) is 8.42 Å². The van der Waals surface area contributed by atoms with Gasteiger partial charge in [-0.05, 0) is 39.7 Å². The van der Waals surface area contributed by atoms with Crippen LogP contribution in [0.3, 0.4) is 0 Å². The van der Waals surface area contributed by atoms with E-state index in [1.165, 1.54) is 0 Å². The number of benzene rings is 1. The Bertz CT molecular complexity index is 774. The van der Waals surface area contributed by atoms with Gasteiger partial charge < -0.3 is 24.0 Å². The predicted octanol–water partition coefficient (Wildman–Crippen LogP) is 2.58. The molecule has 0 bridgehead atoms. The SMILES string of the molecule is CCNC(=O)N(Cc1ccc(N(CC)CC)cc1OS(C)(=O)=O)CC1CCCO1. The molecule has 1 aliphatic heterocycles. The lowest BCUT2D eigenvalue weighted by Crippen LogP contribution is -2.43. The number of carbonyl (C=O) groups is 1. The molecule has 2 amide bonds. The molecule has 164 valence electrons. The minimum atomic E-state index is -3.71. The Morgan fingerprint density at radius 2 is 2.00 bits per heavy atom. The standard InChI is InChI=1S/C20H33N3O5S/c1-5-21-20(24)23(15-18-9-8-12-27-18)14-16-10-11-17(22(6-2)7-3)13-19(16)28-29(4,25)26/h10-11,13,18H,5-9,12,14-15H2,1-4H3,(H,21,24). The van der Waals surface area contributed by atoms with Crippen LogP contribution in [-0.2, 0) is 21.4 Å². The average molecular weight is 428 g/mol. The van der Waals surface area contributed by atoms with E-state index in [0.717, 1.165) is 37.9 Å². The molecule has 1 aliphatic rings. The van der Waals surface area contributed by atoms with Crippen molar-refractivity contribution < 1.29 is 22.1 Å². The van der Waals surface area contributed by atoms with E-state index in [1.807, 2.05) is 32.9 Å². The zero-order valence-corrected chi connectivity index (χ0v) is 18.6. The van der Waals surface area contributed by atoms with Crippen LogP contribution in [0.2, 0.25) is 0 Å². The van der Waals surface area contributed by atoms with Crippen LogP contribution < -0.4 is 14.4 Å². The summed E-state index contributed by atoms with van der Waals surface area (Å²) in [5.41, 5.74) is 1.51. The van der Waals surface area contributed by atoms with Crippen molar-refractivity contribution in [3.63, 3.8) is 0 Å². The topological polar surface area (TPSA) is 88.2 Å². The Morgan fingerprint density at radius 1 is 1.28 bits per heavy atom. The average Bonchev–Trinajstić information content (AvgIpc) is 3.16. The summed E-state index contributed by atoms with van der Waals surface area (Å²) in [5.74, 6) is 0.249. The summed E-state index contributed by atoms with van der Waals surface area (Å²) in [5, 5.41) is 2.82. The van der Waals surface area contributed by atoms with E-state index >= 15 is 0 Å². The van der Waals surface area contributed by atoms with Crippen LogP contribution in [0.5, 0.6) is 5.75 Å². The van der Waals surface area contributed by atoms with E-state index in [4.69, 9.17) is 8.92 Å². The molecule has 0 aliphatic carbocycles. The van der Waals surface area contributed by atoms with Crippen molar-refractivity contribution >= 4 is 21.8 Å². The van der Waals surface area contributed by atoms with Crippen molar-refractivity contribution in [3.05, 3.63) is 23.8 Å². The molecule has 0 radical (unpaired) electrons. The highest BCUT2D eigenvalue weighted by atomic mass is 32.2. The summed E-state index contributed by atoms with van der Waals surface area (Å²) in [6.07, 6.45) is 2.90. The van der Waals surface area contributed by atoms with Crippen molar-refractivity contribution in [1.29, 1.82) is 0 Å². The molecule has 1 aromatic carbocycles. The van der Waals surface area contributed by atoms with Gasteiger partial charge in [0.2, 0.25) is 0 Å². The van der Waals surface area contributed by atoms with E-state index in [9.17, 15) is 13.2 Å². The van der Waals surface area contributed by atoms with Gasteiger partial charge in [-0.25, -0.2) is 4.79 Å². The van der Waals surface area contributed by atoms with Crippen LogP contribution in [-0.4, -0.2) is 64.5 Å². The predicted molar refractivity (Wildman–Crippen MR) is 114 cm³/mol. The van der Waals surface area contributed by atoms with Crippen molar-refractivity contribution in [3.8, 4) is 5.75 Å². The largest absolute Gasteiger partial charge is 0.382 e. The maximum Gasteiger partial charge on any atom is 0.317 e. The van der Waals surface area contributed by atoms with Crippen molar-refractivity contribution in [2.75, 3.05) is 43.9 Å². The molecular formula is C20H33N3O5S. The Kier molecular flexibility index (Phi) is 8.58. The van der Waals surface area contributed by atoms with E-state index < -0.39 is 10.1 Å². The molecule has 0 saturated carbocycles. The fraction of sp³-hybridized carbons (Fsp3) is 0.650. The van der Waals surface area contributed by atoms with Crippen LogP contribution in [0.1, 0.15) is 39.2 Å². The Morgan fingerprint density at radius 3 is 2.55 bits per heavy atom. The highest BCUT2D eigenvalue weighted by Gasteiger charge is 2.24. The van der Waals surface area contributed by atoms with Crippen molar-refractivity contribution in [2.45, 2.75) is 46.3 Å². The molecular weight excluding hydrogens is 394 g/mol. The monoisotopic (exact) mass is 427 g/mol. The first-order valence-corrected chi connectivity index (χ1v) is 12.0. The van der Waals surface area contributed by atoms with Crippen LogP contribution in [0.15, 0.2) is 18.2 Å². The van der Waals surface area contributed by atoms with Gasteiger partial charge in [0.15, 0.2) is 0 Å². The van der Waals surface area contributed by atoms with Crippen molar-refractivity contribution in [1.82, 2.24) is 10.2 Å². The lowest BCUT2D eigenvalue weighted by Gasteiger charge is -2.27. The number of anilines is 1. The summed E-state index contributed by atoms with van der Waals surface area (Å²) in [6.45, 7) is 9.40. The molecule has 2 rings (SSSR count). The lowest BCUT2D eigenvalue weighted by atomic mass is 10.1. The summed E-state index contributed by atoms with van der Waals surface area (Å²) >= 11 is 0. The van der Waals surface area contributed by atoms with Gasteiger partial charge in [-0.15, -0.1) is 0 Å². The number of hydrogen-bond donors (Lipinski definition) is 1. The van der Waals surface area contributed by atoms with E-state index in [2.05, 4.69) is 10.2 Å². The molecule has 8 nitrogen and oxygen atoms in total. The van der Waals surface area contributed by atoms with Gasteiger partial charge in [0.1, 0.15) is 5.75 Å². The molecule has 9 heteroatoms. The molecule has 1 atom stereocenters. The second-order valence-electron chi connectivity index (χ2n) is 7.10. The summed E-state index contributed by atoms with van der Waals surface area (Å²) < 4.78 is 34.6. The van der Waals surface area contributed by atoms with Gasteiger partial charge in [0, 0.05) is 50.1 Å². The second-order valence-corrected chi connectivity index (χ2v) is 8.68. The van der Waals surface area contributed by atoms with Gasteiger partial charge in [-0.3, -0.25) is 0 Å². The third-order valence-corrected chi connectivity index (χ3v) is 5.33. The minimum absolute atomic E-state index is 0.00757. The molecule has 1 aromatic rings. The van der Waals surface area contributed by atoms with Crippen LogP contribution in [0.25, 0.3) is 0 Å². The number of ether oxygens (including phenoxy) is 1. The molecule has 1 N–H and O–H groups in total. The first-order valence-electron chi connectivity index (χ1n) is 10.2. The molecule has 29 heavy (non-hydrogen) atoms. The number of carbonyl (C=O) groups excluding carboxylic acids is 1. The van der Waals surface area contributed by atoms with Crippen LogP contribution in [0, 0.1) is 0 Å². The summed E-state index contributed by atoms with van der Waals surface area (Å²) in [6, 6.07) is 5.28. The van der Waals surface area contributed by atoms with E-state index in [1.54, 1.807) is 11.0 Å². The molecule has 0 spiro atoms. The highest BCUT2D eigenvalue weighted by Crippen LogP contribution is 2.28. The number of urea groups is 1. The Labute approximate surface area is 174 Å². The molecule has 1 heterocycles. The molecule has 1 unspecified atom stereocenters. The van der Waals surface area contributed by atoms with Crippen LogP contribution >= 0.6 is 0 Å². The quantitative estimate of drug-likeness (QED) is 0.578. The highest BCUT2D eigenvalue weighted by molar-refractivity contribution is 7.86. The third-order valence-electron chi connectivity index (χ3n) is 4.84. The first kappa shape index (κ1) is 23.3. The zero-order chi connectivity index (χ0) is 21.4. The number of nitrogens with one attached hydrogen (secondary N) is 1. The van der Waals surface area contributed by atoms with E-state index in [-0.39, 0.29) is 24.4 Å².